The number of carbonyl (C=O) groups is 1. The van der Waals surface area contributed by atoms with Crippen LogP contribution in [0.1, 0.15) is 316 Å². The van der Waals surface area contributed by atoms with Crippen LogP contribution in [0.15, 0.2) is 24.3 Å². The van der Waals surface area contributed by atoms with Crippen molar-refractivity contribution in [1.29, 1.82) is 0 Å². The molecule has 5 heteroatoms. The Bertz CT molecular complexity index is 936. The Morgan fingerprint density at radius 3 is 0.952 bits per heavy atom. The highest BCUT2D eigenvalue weighted by Gasteiger charge is 2.23. The van der Waals surface area contributed by atoms with Gasteiger partial charge < -0.3 is 20.6 Å². The Labute approximate surface area is 394 Å². The van der Waals surface area contributed by atoms with Crippen LogP contribution in [0.3, 0.4) is 0 Å². The minimum Gasteiger partial charge on any atom is -0.394 e. The highest BCUT2D eigenvalue weighted by molar-refractivity contribution is 5.80. The summed E-state index contributed by atoms with van der Waals surface area (Å²) in [4.78, 5) is 12.5. The van der Waals surface area contributed by atoms with Crippen molar-refractivity contribution in [1.82, 2.24) is 5.32 Å². The number of rotatable bonds is 53. The molecule has 3 unspecified atom stereocenters. The third kappa shape index (κ3) is 48.6. The van der Waals surface area contributed by atoms with Gasteiger partial charge in [-0.15, -0.1) is 0 Å². The number of allylic oxidation sites excluding steroid dienone is 4. The van der Waals surface area contributed by atoms with Gasteiger partial charge in [0.1, 0.15) is 6.10 Å². The van der Waals surface area contributed by atoms with Gasteiger partial charge in [0.05, 0.1) is 18.8 Å². The van der Waals surface area contributed by atoms with Crippen LogP contribution in [-0.4, -0.2) is 46.1 Å². The zero-order valence-electron chi connectivity index (χ0n) is 42.7. The van der Waals surface area contributed by atoms with Crippen LogP contribution in [0.25, 0.3) is 0 Å². The van der Waals surface area contributed by atoms with E-state index in [-0.39, 0.29) is 6.61 Å². The van der Waals surface area contributed by atoms with Crippen molar-refractivity contribution >= 4 is 5.91 Å². The number of carbonyl (C=O) groups excluding carboxylic acids is 1. The van der Waals surface area contributed by atoms with E-state index < -0.39 is 24.2 Å². The molecule has 1 amide bonds. The third-order valence-electron chi connectivity index (χ3n) is 13.6. The Kier molecular flexibility index (Phi) is 52.5. The summed E-state index contributed by atoms with van der Waals surface area (Å²) in [7, 11) is 0. The molecular formula is C58H113NO4. The predicted molar refractivity (Wildman–Crippen MR) is 278 cm³/mol. The molecule has 4 N–H and O–H groups in total. The zero-order chi connectivity index (χ0) is 45.8. The smallest absolute Gasteiger partial charge is 0.249 e. The summed E-state index contributed by atoms with van der Waals surface area (Å²) in [5.41, 5.74) is 0. The van der Waals surface area contributed by atoms with Gasteiger partial charge in [0, 0.05) is 0 Å². The lowest BCUT2D eigenvalue weighted by Crippen LogP contribution is -2.49. The normalized spacial score (nSPS) is 13.4. The average Bonchev–Trinajstić information content (AvgIpc) is 3.29. The standard InChI is InChI=1S/C58H113NO4/c1-3-5-7-9-11-13-15-16-17-18-19-20-21-22-23-24-25-26-27-28-29-30-31-32-33-34-35-36-37-38-39-40-41-43-45-47-49-51-53-57(62)58(63)59-55(54-60)56(61)52-50-48-46-44-42-14-12-10-8-6-4-2/h25-26,28-29,55-57,60-62H,3-24,27,30-54H2,1-2H3,(H,59,63)/b26-25-,29-28-. The Morgan fingerprint density at radius 1 is 0.381 bits per heavy atom. The predicted octanol–water partition coefficient (Wildman–Crippen LogP) is 17.7. The van der Waals surface area contributed by atoms with Crippen molar-refractivity contribution in [2.45, 2.75) is 334 Å². The van der Waals surface area contributed by atoms with E-state index in [1.807, 2.05) is 0 Å². The number of amides is 1. The first kappa shape index (κ1) is 61.8. The van der Waals surface area contributed by atoms with Crippen LogP contribution < -0.4 is 5.32 Å². The van der Waals surface area contributed by atoms with Crippen LogP contribution in [0, 0.1) is 0 Å². The highest BCUT2D eigenvalue weighted by atomic mass is 16.3. The fraction of sp³-hybridized carbons (Fsp3) is 0.914. The van der Waals surface area contributed by atoms with Gasteiger partial charge in [0.2, 0.25) is 5.91 Å². The van der Waals surface area contributed by atoms with E-state index in [2.05, 4.69) is 43.5 Å². The maximum atomic E-state index is 12.5. The van der Waals surface area contributed by atoms with Gasteiger partial charge in [-0.25, -0.2) is 0 Å². The van der Waals surface area contributed by atoms with Crippen molar-refractivity contribution in [3.8, 4) is 0 Å². The number of aliphatic hydroxyl groups excluding tert-OH is 3. The van der Waals surface area contributed by atoms with Crippen LogP contribution in [-0.2, 0) is 4.79 Å². The van der Waals surface area contributed by atoms with Gasteiger partial charge in [0.25, 0.3) is 0 Å². The summed E-state index contributed by atoms with van der Waals surface area (Å²) in [6.45, 7) is 4.24. The van der Waals surface area contributed by atoms with E-state index in [9.17, 15) is 20.1 Å². The quantitative estimate of drug-likeness (QED) is 0.0362. The van der Waals surface area contributed by atoms with E-state index in [1.165, 1.54) is 250 Å². The largest absolute Gasteiger partial charge is 0.394 e. The second-order valence-corrected chi connectivity index (χ2v) is 19.9. The molecule has 374 valence electrons. The number of hydrogen-bond acceptors (Lipinski definition) is 4. The second-order valence-electron chi connectivity index (χ2n) is 19.9. The molecule has 0 heterocycles. The number of unbranched alkanes of at least 4 members (excludes halogenated alkanes) is 41. The molecule has 0 radical (unpaired) electrons. The Hall–Kier alpha value is -1.17. The number of nitrogens with one attached hydrogen (secondary N) is 1. The molecule has 3 atom stereocenters. The van der Waals surface area contributed by atoms with Crippen molar-refractivity contribution in [2.75, 3.05) is 6.61 Å². The molecule has 0 bridgehead atoms. The monoisotopic (exact) mass is 888 g/mol. The second kappa shape index (κ2) is 53.4. The van der Waals surface area contributed by atoms with Gasteiger partial charge in [0.15, 0.2) is 0 Å². The van der Waals surface area contributed by atoms with Gasteiger partial charge in [-0.3, -0.25) is 4.79 Å². The molecule has 0 aliphatic rings. The van der Waals surface area contributed by atoms with Crippen LogP contribution in [0.5, 0.6) is 0 Å². The molecule has 0 rings (SSSR count). The summed E-state index contributed by atoms with van der Waals surface area (Å²) < 4.78 is 0. The van der Waals surface area contributed by atoms with E-state index in [0.29, 0.717) is 12.8 Å². The topological polar surface area (TPSA) is 89.8 Å². The summed E-state index contributed by atoms with van der Waals surface area (Å²) in [6, 6.07) is -0.709. The lowest BCUT2D eigenvalue weighted by molar-refractivity contribution is -0.131. The van der Waals surface area contributed by atoms with Crippen molar-refractivity contribution < 1.29 is 20.1 Å². The SMILES string of the molecule is CCCCCCCCCCCCCCCCC/C=C\C/C=C\CCCCCCCCCCCCCCCCCCC(O)C(=O)NC(CO)C(O)CCCCCCCCCCCCC. The minimum atomic E-state index is -1.07. The lowest BCUT2D eigenvalue weighted by atomic mass is 10.0. The summed E-state index contributed by atoms with van der Waals surface area (Å²) >= 11 is 0. The summed E-state index contributed by atoms with van der Waals surface area (Å²) in [5, 5.41) is 33.4. The molecule has 0 saturated heterocycles. The van der Waals surface area contributed by atoms with E-state index in [1.54, 1.807) is 0 Å². The molecule has 0 aliphatic carbocycles. The van der Waals surface area contributed by atoms with Crippen LogP contribution >= 0.6 is 0 Å². The number of aliphatic hydroxyl groups is 3. The molecule has 5 nitrogen and oxygen atoms in total. The van der Waals surface area contributed by atoms with E-state index >= 15 is 0 Å². The first-order chi connectivity index (χ1) is 31.1. The lowest BCUT2D eigenvalue weighted by Gasteiger charge is -2.23. The Morgan fingerprint density at radius 2 is 0.651 bits per heavy atom. The first-order valence-electron chi connectivity index (χ1n) is 28.6. The van der Waals surface area contributed by atoms with Gasteiger partial charge in [-0.2, -0.15) is 0 Å². The fourth-order valence-electron chi connectivity index (χ4n) is 9.11. The van der Waals surface area contributed by atoms with Crippen LogP contribution in [0.4, 0.5) is 0 Å². The van der Waals surface area contributed by atoms with Gasteiger partial charge in [-0.1, -0.05) is 295 Å². The third-order valence-corrected chi connectivity index (χ3v) is 13.6. The zero-order valence-corrected chi connectivity index (χ0v) is 42.7. The molecule has 0 fully saturated rings. The maximum absolute atomic E-state index is 12.5. The van der Waals surface area contributed by atoms with Crippen molar-refractivity contribution in [2.24, 2.45) is 0 Å². The molecule has 0 spiro atoms. The van der Waals surface area contributed by atoms with Crippen molar-refractivity contribution in [3.63, 3.8) is 0 Å². The van der Waals surface area contributed by atoms with Crippen molar-refractivity contribution in [3.05, 3.63) is 24.3 Å². The molecule has 0 aromatic carbocycles. The highest BCUT2D eigenvalue weighted by Crippen LogP contribution is 2.18. The average molecular weight is 889 g/mol. The summed E-state index contributed by atoms with van der Waals surface area (Å²) in [6.07, 6.45) is 68.2. The first-order valence-corrected chi connectivity index (χ1v) is 28.6. The fourth-order valence-corrected chi connectivity index (χ4v) is 9.11. The van der Waals surface area contributed by atoms with Gasteiger partial charge in [-0.05, 0) is 44.9 Å². The van der Waals surface area contributed by atoms with Gasteiger partial charge >= 0.3 is 0 Å². The molecule has 0 saturated carbocycles. The molecule has 0 aliphatic heterocycles. The molecule has 0 aromatic heterocycles. The van der Waals surface area contributed by atoms with Crippen LogP contribution in [0.2, 0.25) is 0 Å². The Balaban J connectivity index is 3.44. The molecule has 0 aromatic rings. The minimum absolute atomic E-state index is 0.311. The molecular weight excluding hydrogens is 775 g/mol. The van der Waals surface area contributed by atoms with E-state index in [0.717, 1.165) is 38.5 Å². The number of hydrogen-bond donors (Lipinski definition) is 4. The molecule has 63 heavy (non-hydrogen) atoms. The summed E-state index contributed by atoms with van der Waals surface area (Å²) in [5.74, 6) is -0.468. The maximum Gasteiger partial charge on any atom is 0.249 e. The van der Waals surface area contributed by atoms with E-state index in [4.69, 9.17) is 0 Å².